The minimum atomic E-state index is -3.60. The molecular weight excluding hydrogens is 384 g/mol. The van der Waals surface area contributed by atoms with Gasteiger partial charge >= 0.3 is 0 Å². The number of fused-ring (bicyclic) bond motifs is 1. The first-order valence-corrected chi connectivity index (χ1v) is 10.9. The third kappa shape index (κ3) is 4.34. The lowest BCUT2D eigenvalue weighted by Crippen LogP contribution is -2.35. The second kappa shape index (κ2) is 8.00. The van der Waals surface area contributed by atoms with Crippen LogP contribution in [0.4, 0.5) is 5.69 Å². The first kappa shape index (κ1) is 19.9. The second-order valence-corrected chi connectivity index (χ2v) is 8.94. The molecule has 0 bridgehead atoms. The fourth-order valence-corrected chi connectivity index (χ4v) is 4.60. The highest BCUT2D eigenvalue weighted by atomic mass is 35.5. The number of hydrogen-bond donors (Lipinski definition) is 1. The number of carbonyl (C=O) groups is 1. The summed E-state index contributed by atoms with van der Waals surface area (Å²) in [5.41, 5.74) is 2.72. The van der Waals surface area contributed by atoms with Gasteiger partial charge in [0.15, 0.2) is 0 Å². The van der Waals surface area contributed by atoms with E-state index in [0.29, 0.717) is 30.8 Å². The average Bonchev–Trinajstić information content (AvgIpc) is 2.97. The molecule has 27 heavy (non-hydrogen) atoms. The molecule has 5 nitrogen and oxygen atoms in total. The first-order valence-electron chi connectivity index (χ1n) is 9.01. The monoisotopic (exact) mass is 406 g/mol. The summed E-state index contributed by atoms with van der Waals surface area (Å²) in [4.78, 5) is 14.1. The molecule has 0 spiro atoms. The van der Waals surface area contributed by atoms with Crippen molar-refractivity contribution in [2.75, 3.05) is 11.4 Å². The Balaban J connectivity index is 1.71. The Bertz CT molecular complexity index is 942. The van der Waals surface area contributed by atoms with Crippen LogP contribution in [-0.2, 0) is 27.7 Å². The number of nitrogens with one attached hydrogen (secondary N) is 1. The normalized spacial score (nSPS) is 16.4. The van der Waals surface area contributed by atoms with Crippen molar-refractivity contribution in [1.82, 2.24) is 4.72 Å². The van der Waals surface area contributed by atoms with Crippen LogP contribution in [0.15, 0.2) is 47.4 Å². The van der Waals surface area contributed by atoms with Gasteiger partial charge in [0, 0.05) is 29.7 Å². The number of benzene rings is 2. The van der Waals surface area contributed by atoms with Gasteiger partial charge < -0.3 is 4.90 Å². The third-order valence-electron chi connectivity index (χ3n) is 4.77. The molecule has 7 heteroatoms. The van der Waals surface area contributed by atoms with Crippen molar-refractivity contribution in [3.8, 4) is 0 Å². The summed E-state index contributed by atoms with van der Waals surface area (Å²) in [5.74, 6) is 0.0537. The summed E-state index contributed by atoms with van der Waals surface area (Å²) >= 11 is 5.86. The minimum Gasteiger partial charge on any atom is -0.309 e. The van der Waals surface area contributed by atoms with E-state index in [1.165, 1.54) is 0 Å². The lowest BCUT2D eigenvalue weighted by atomic mass is 10.1. The smallest absolute Gasteiger partial charge is 0.240 e. The largest absolute Gasteiger partial charge is 0.309 e. The Morgan fingerprint density at radius 1 is 1.22 bits per heavy atom. The van der Waals surface area contributed by atoms with Crippen molar-refractivity contribution in [2.24, 2.45) is 0 Å². The van der Waals surface area contributed by atoms with Crippen LogP contribution in [0.1, 0.15) is 31.4 Å². The summed E-state index contributed by atoms with van der Waals surface area (Å²) in [6.45, 7) is 4.11. The lowest BCUT2D eigenvalue weighted by Gasteiger charge is -2.22. The molecule has 2 aromatic carbocycles. The number of halogens is 1. The van der Waals surface area contributed by atoms with Gasteiger partial charge in [0.05, 0.1) is 4.90 Å². The maximum absolute atomic E-state index is 12.6. The van der Waals surface area contributed by atoms with E-state index in [0.717, 1.165) is 16.8 Å². The molecule has 0 radical (unpaired) electrons. The van der Waals surface area contributed by atoms with Gasteiger partial charge in [0.25, 0.3) is 0 Å². The molecule has 0 fully saturated rings. The van der Waals surface area contributed by atoms with Gasteiger partial charge in [0.1, 0.15) is 0 Å². The van der Waals surface area contributed by atoms with Crippen LogP contribution in [0, 0.1) is 0 Å². The van der Waals surface area contributed by atoms with Crippen LogP contribution in [0.5, 0.6) is 0 Å². The summed E-state index contributed by atoms with van der Waals surface area (Å²) in [5, 5.41) is 0.655. The molecule has 1 N–H and O–H groups in total. The van der Waals surface area contributed by atoms with Crippen LogP contribution >= 0.6 is 11.6 Å². The fraction of sp³-hybridized carbons (Fsp3) is 0.350. The molecule has 3 rings (SSSR count). The van der Waals surface area contributed by atoms with Crippen molar-refractivity contribution >= 4 is 33.2 Å². The molecule has 1 aliphatic rings. The van der Waals surface area contributed by atoms with Crippen LogP contribution in [-0.4, -0.2) is 26.9 Å². The summed E-state index contributed by atoms with van der Waals surface area (Å²) in [6, 6.07) is 12.4. The summed E-state index contributed by atoms with van der Waals surface area (Å²) in [7, 11) is -3.60. The highest BCUT2D eigenvalue weighted by molar-refractivity contribution is 7.89. The highest BCUT2D eigenvalue weighted by Crippen LogP contribution is 2.34. The molecule has 144 valence electrons. The van der Waals surface area contributed by atoms with Gasteiger partial charge in [-0.3, -0.25) is 4.79 Å². The van der Waals surface area contributed by atoms with Crippen molar-refractivity contribution in [3.63, 3.8) is 0 Å². The Hall–Kier alpha value is -1.89. The predicted molar refractivity (Wildman–Crippen MR) is 108 cm³/mol. The molecule has 0 saturated carbocycles. The van der Waals surface area contributed by atoms with Crippen LogP contribution in [0.25, 0.3) is 0 Å². The number of amides is 1. The summed E-state index contributed by atoms with van der Waals surface area (Å²) in [6.07, 6.45) is 1.67. The lowest BCUT2D eigenvalue weighted by molar-refractivity contribution is -0.118. The maximum atomic E-state index is 12.6. The van der Waals surface area contributed by atoms with Crippen molar-refractivity contribution in [3.05, 3.63) is 58.6 Å². The Morgan fingerprint density at radius 2 is 1.93 bits per heavy atom. The highest BCUT2D eigenvalue weighted by Gasteiger charge is 2.31. The van der Waals surface area contributed by atoms with E-state index in [2.05, 4.69) is 4.72 Å². The Labute approximate surface area is 165 Å². The van der Waals surface area contributed by atoms with E-state index in [9.17, 15) is 13.2 Å². The van der Waals surface area contributed by atoms with Gasteiger partial charge in [-0.25, -0.2) is 13.1 Å². The van der Waals surface area contributed by atoms with E-state index < -0.39 is 10.0 Å². The molecule has 1 heterocycles. The zero-order valence-corrected chi connectivity index (χ0v) is 17.0. The van der Waals surface area contributed by atoms with Gasteiger partial charge in [-0.15, -0.1) is 0 Å². The maximum Gasteiger partial charge on any atom is 0.240 e. The number of nitrogens with zero attached hydrogens (tertiary/aromatic N) is 1. The molecular formula is C20H23ClN2O3S. The molecule has 1 amide bonds. The molecule has 0 saturated heterocycles. The van der Waals surface area contributed by atoms with E-state index in [4.69, 9.17) is 11.6 Å². The standard InChI is InChI=1S/C20H23ClN2O3S/c1-3-20(24)23-14(2)12-16-13-18(8-9-19(16)23)27(25,26)22-11-10-15-4-6-17(21)7-5-15/h4-9,13-14,22H,3,10-12H2,1-2H3/t14-/m1/s1. The van der Waals surface area contributed by atoms with E-state index in [1.54, 1.807) is 35.2 Å². The molecule has 0 aliphatic carbocycles. The van der Waals surface area contributed by atoms with E-state index in [1.807, 2.05) is 26.0 Å². The fourth-order valence-electron chi connectivity index (χ4n) is 3.39. The average molecular weight is 407 g/mol. The molecule has 1 atom stereocenters. The van der Waals surface area contributed by atoms with Crippen LogP contribution in [0.2, 0.25) is 5.02 Å². The van der Waals surface area contributed by atoms with Gasteiger partial charge in [0.2, 0.25) is 15.9 Å². The van der Waals surface area contributed by atoms with Crippen molar-refractivity contribution in [2.45, 2.75) is 44.0 Å². The predicted octanol–water partition coefficient (Wildman–Crippen LogP) is 3.55. The molecule has 0 aromatic heterocycles. The Kier molecular flexibility index (Phi) is 5.89. The number of rotatable bonds is 6. The second-order valence-electron chi connectivity index (χ2n) is 6.74. The SMILES string of the molecule is CCC(=O)N1c2ccc(S(=O)(=O)NCCc3ccc(Cl)cc3)cc2C[C@H]1C. The molecule has 2 aromatic rings. The molecule has 0 unspecified atom stereocenters. The quantitative estimate of drug-likeness (QED) is 0.797. The number of carbonyl (C=O) groups excluding carboxylic acids is 1. The topological polar surface area (TPSA) is 66.5 Å². The third-order valence-corrected chi connectivity index (χ3v) is 6.48. The number of anilines is 1. The Morgan fingerprint density at radius 3 is 2.59 bits per heavy atom. The zero-order chi connectivity index (χ0) is 19.6. The van der Waals surface area contributed by atoms with Crippen molar-refractivity contribution in [1.29, 1.82) is 0 Å². The van der Waals surface area contributed by atoms with Crippen molar-refractivity contribution < 1.29 is 13.2 Å². The van der Waals surface area contributed by atoms with Crippen LogP contribution in [0.3, 0.4) is 0 Å². The van der Waals surface area contributed by atoms with Crippen LogP contribution < -0.4 is 9.62 Å². The van der Waals surface area contributed by atoms with E-state index in [-0.39, 0.29) is 16.8 Å². The summed E-state index contributed by atoms with van der Waals surface area (Å²) < 4.78 is 27.9. The van der Waals surface area contributed by atoms with E-state index >= 15 is 0 Å². The minimum absolute atomic E-state index is 0.0447. The zero-order valence-electron chi connectivity index (χ0n) is 15.4. The molecule has 1 aliphatic heterocycles. The first-order chi connectivity index (χ1) is 12.8. The van der Waals surface area contributed by atoms with Gasteiger partial charge in [-0.05, 0) is 61.2 Å². The number of sulfonamides is 1. The number of hydrogen-bond acceptors (Lipinski definition) is 3. The van der Waals surface area contributed by atoms with Gasteiger partial charge in [-0.2, -0.15) is 0 Å². The van der Waals surface area contributed by atoms with Gasteiger partial charge in [-0.1, -0.05) is 30.7 Å².